The fourth-order valence-electron chi connectivity index (χ4n) is 5.46. The summed E-state index contributed by atoms with van der Waals surface area (Å²) in [6.45, 7) is 2.73. The first-order valence-electron chi connectivity index (χ1n) is 11.9. The lowest BCUT2D eigenvalue weighted by atomic mass is 9.75. The lowest BCUT2D eigenvalue weighted by molar-refractivity contribution is -0.124. The van der Waals surface area contributed by atoms with Gasteiger partial charge in [-0.25, -0.2) is 4.63 Å². The fraction of sp³-hybridized carbons (Fsp3) is 0.542. The predicted molar refractivity (Wildman–Crippen MR) is 122 cm³/mol. The van der Waals surface area contributed by atoms with E-state index in [1.807, 2.05) is 12.1 Å². The molecule has 2 aromatic rings. The van der Waals surface area contributed by atoms with E-state index in [0.29, 0.717) is 43.1 Å². The summed E-state index contributed by atoms with van der Waals surface area (Å²) in [6, 6.07) is 4.81. The monoisotopic (exact) mass is 467 g/mol. The van der Waals surface area contributed by atoms with Gasteiger partial charge in [0.2, 0.25) is 11.8 Å². The number of fused-ring (bicyclic) bond motifs is 2. The van der Waals surface area contributed by atoms with Crippen molar-refractivity contribution in [2.75, 3.05) is 23.8 Å². The lowest BCUT2D eigenvalue weighted by Crippen LogP contribution is -2.49. The van der Waals surface area contributed by atoms with Crippen molar-refractivity contribution in [3.8, 4) is 0 Å². The van der Waals surface area contributed by atoms with E-state index >= 15 is 0 Å². The van der Waals surface area contributed by atoms with E-state index in [-0.39, 0.29) is 23.4 Å². The van der Waals surface area contributed by atoms with E-state index < -0.39 is 17.4 Å². The quantitative estimate of drug-likeness (QED) is 0.615. The van der Waals surface area contributed by atoms with Gasteiger partial charge in [-0.2, -0.15) is 0 Å². The van der Waals surface area contributed by atoms with Crippen LogP contribution in [0.25, 0.3) is 0 Å². The highest BCUT2D eigenvalue weighted by molar-refractivity contribution is 6.07. The summed E-state index contributed by atoms with van der Waals surface area (Å²) >= 11 is 0. The maximum absolute atomic E-state index is 13.4. The molecule has 3 heterocycles. The average molecular weight is 468 g/mol. The molecule has 1 unspecified atom stereocenters. The van der Waals surface area contributed by atoms with Crippen LogP contribution < -0.4 is 16.0 Å². The van der Waals surface area contributed by atoms with Gasteiger partial charge in [0.25, 0.3) is 5.91 Å². The highest BCUT2D eigenvalue weighted by Gasteiger charge is 2.47. The number of amides is 3. The molecule has 3 N–H and O–H groups in total. The fourth-order valence-corrected chi connectivity index (χ4v) is 5.46. The molecule has 1 aliphatic carbocycles. The zero-order chi connectivity index (χ0) is 23.7. The minimum Gasteiger partial charge on any atom is -0.381 e. The molecule has 1 aromatic heterocycles. The van der Waals surface area contributed by atoms with Gasteiger partial charge in [0, 0.05) is 24.6 Å². The molecule has 1 aromatic carbocycles. The summed E-state index contributed by atoms with van der Waals surface area (Å²) in [6.07, 6.45) is 6.17. The number of rotatable bonds is 5. The van der Waals surface area contributed by atoms with E-state index in [9.17, 15) is 14.4 Å². The number of aryl methyl sites for hydroxylation is 1. The summed E-state index contributed by atoms with van der Waals surface area (Å²) in [4.78, 5) is 39.0. The predicted octanol–water partition coefficient (Wildman–Crippen LogP) is 2.70. The number of nitrogens with zero attached hydrogens (tertiary/aromatic N) is 2. The molecular formula is C24H29N5O5. The Morgan fingerprint density at radius 2 is 1.91 bits per heavy atom. The number of aromatic nitrogens is 2. The normalized spacial score (nSPS) is 20.4. The van der Waals surface area contributed by atoms with Gasteiger partial charge in [0.15, 0.2) is 5.69 Å². The van der Waals surface area contributed by atoms with Crippen LogP contribution in [0.2, 0.25) is 0 Å². The van der Waals surface area contributed by atoms with Crippen LogP contribution in [0.15, 0.2) is 22.8 Å². The van der Waals surface area contributed by atoms with E-state index in [1.165, 1.54) is 0 Å². The van der Waals surface area contributed by atoms with E-state index in [1.54, 1.807) is 13.0 Å². The van der Waals surface area contributed by atoms with Crippen LogP contribution in [0.3, 0.4) is 0 Å². The van der Waals surface area contributed by atoms with Gasteiger partial charge in [-0.15, -0.1) is 0 Å². The minimum atomic E-state index is -0.714. The Labute approximate surface area is 197 Å². The number of hydrogen-bond donors (Lipinski definition) is 3. The molecule has 1 saturated heterocycles. The third kappa shape index (κ3) is 4.06. The molecule has 1 saturated carbocycles. The molecule has 0 radical (unpaired) electrons. The number of benzene rings is 1. The van der Waals surface area contributed by atoms with E-state index in [4.69, 9.17) is 4.74 Å². The smallest absolute Gasteiger partial charge is 0.276 e. The zero-order valence-corrected chi connectivity index (χ0v) is 19.2. The number of hydrogen-bond acceptors (Lipinski definition) is 7. The number of nitrogens with one attached hydrogen (secondary N) is 3. The van der Waals surface area contributed by atoms with Gasteiger partial charge >= 0.3 is 0 Å². The van der Waals surface area contributed by atoms with Crippen molar-refractivity contribution < 1.29 is 23.7 Å². The summed E-state index contributed by atoms with van der Waals surface area (Å²) in [5.74, 6) is -0.762. The molecule has 1 spiro atoms. The summed E-state index contributed by atoms with van der Waals surface area (Å²) in [5.41, 5.74) is 2.13. The molecule has 1 atom stereocenters. The Balaban J connectivity index is 1.35. The molecule has 34 heavy (non-hydrogen) atoms. The molecule has 180 valence electrons. The highest BCUT2D eigenvalue weighted by atomic mass is 16.6. The maximum Gasteiger partial charge on any atom is 0.276 e. The molecular weight excluding hydrogens is 438 g/mol. The number of carbonyl (C=O) groups excluding carboxylic acids is 3. The van der Waals surface area contributed by atoms with Gasteiger partial charge in [0.1, 0.15) is 11.7 Å². The van der Waals surface area contributed by atoms with E-state index in [0.717, 1.165) is 37.7 Å². The maximum atomic E-state index is 13.4. The molecule has 2 aliphatic heterocycles. The van der Waals surface area contributed by atoms with Crippen LogP contribution in [0.4, 0.5) is 11.4 Å². The molecule has 2 fully saturated rings. The largest absolute Gasteiger partial charge is 0.381 e. The van der Waals surface area contributed by atoms with Gasteiger partial charge in [-0.3, -0.25) is 14.4 Å². The SMILES string of the molecule is Cc1nonc1C(=O)NC(C(=O)Nc1ccc2c(c1)NC(=O)C21CCOCC1)C1CCCCC1. The molecule has 0 bridgehead atoms. The average Bonchev–Trinajstić information content (AvgIpc) is 3.39. The third-order valence-corrected chi connectivity index (χ3v) is 7.39. The molecule has 5 rings (SSSR count). The van der Waals surface area contributed by atoms with Crippen LogP contribution in [0.1, 0.15) is 66.7 Å². The van der Waals surface area contributed by atoms with Crippen LogP contribution in [-0.2, 0) is 19.7 Å². The van der Waals surface area contributed by atoms with Crippen LogP contribution >= 0.6 is 0 Å². The van der Waals surface area contributed by atoms with E-state index in [2.05, 4.69) is 30.9 Å². The molecule has 10 nitrogen and oxygen atoms in total. The Morgan fingerprint density at radius 3 is 2.62 bits per heavy atom. The first-order valence-corrected chi connectivity index (χ1v) is 11.9. The van der Waals surface area contributed by atoms with Crippen LogP contribution in [0, 0.1) is 12.8 Å². The second kappa shape index (κ2) is 9.17. The van der Waals surface area contributed by atoms with Crippen molar-refractivity contribution in [2.24, 2.45) is 5.92 Å². The van der Waals surface area contributed by atoms with Gasteiger partial charge in [0.05, 0.1) is 5.41 Å². The van der Waals surface area contributed by atoms with Gasteiger partial charge < -0.3 is 20.7 Å². The van der Waals surface area contributed by atoms with Crippen molar-refractivity contribution >= 4 is 29.1 Å². The summed E-state index contributed by atoms with van der Waals surface area (Å²) < 4.78 is 10.1. The first kappa shape index (κ1) is 22.5. The molecule has 10 heteroatoms. The lowest BCUT2D eigenvalue weighted by Gasteiger charge is -2.31. The highest BCUT2D eigenvalue weighted by Crippen LogP contribution is 2.45. The summed E-state index contributed by atoms with van der Waals surface area (Å²) in [7, 11) is 0. The number of ether oxygens (including phenoxy) is 1. The standard InChI is InChI=1S/C24H29N5O5/c1-14-19(29-34-28-14)21(30)27-20(15-5-3-2-4-6-15)22(31)25-16-7-8-17-18(13-16)26-23(32)24(17)9-11-33-12-10-24/h7-8,13,15,20H,2-6,9-12H2,1H3,(H,25,31)(H,26,32)(H,27,30). The van der Waals surface area contributed by atoms with Crippen LogP contribution in [0.5, 0.6) is 0 Å². The zero-order valence-electron chi connectivity index (χ0n) is 19.2. The Morgan fingerprint density at radius 1 is 1.15 bits per heavy atom. The minimum absolute atomic E-state index is 0.0155. The first-order chi connectivity index (χ1) is 16.5. The second-order valence-electron chi connectivity index (χ2n) is 9.45. The Bertz CT molecular complexity index is 1100. The topological polar surface area (TPSA) is 135 Å². The van der Waals surface area contributed by atoms with Crippen molar-refractivity contribution in [3.63, 3.8) is 0 Å². The second-order valence-corrected chi connectivity index (χ2v) is 9.45. The Kier molecular flexibility index (Phi) is 6.07. The van der Waals surface area contributed by atoms with Gasteiger partial charge in [-0.1, -0.05) is 30.5 Å². The van der Waals surface area contributed by atoms with Crippen LogP contribution in [-0.4, -0.2) is 47.3 Å². The summed E-state index contributed by atoms with van der Waals surface area (Å²) in [5, 5.41) is 16.1. The van der Waals surface area contributed by atoms with Crippen molar-refractivity contribution in [1.82, 2.24) is 15.6 Å². The number of carbonyl (C=O) groups is 3. The van der Waals surface area contributed by atoms with Crippen molar-refractivity contribution in [3.05, 3.63) is 35.2 Å². The number of anilines is 2. The molecule has 3 aliphatic rings. The Hall–Kier alpha value is -3.27. The van der Waals surface area contributed by atoms with Crippen molar-refractivity contribution in [1.29, 1.82) is 0 Å². The van der Waals surface area contributed by atoms with Crippen molar-refractivity contribution in [2.45, 2.75) is 63.3 Å². The van der Waals surface area contributed by atoms with Gasteiger partial charge in [-0.05, 0) is 61.4 Å². The third-order valence-electron chi connectivity index (χ3n) is 7.39. The molecule has 3 amide bonds.